The molecule has 0 radical (unpaired) electrons. The summed E-state index contributed by atoms with van der Waals surface area (Å²) >= 11 is 0. The van der Waals surface area contributed by atoms with Crippen LogP contribution < -0.4 is 21.7 Å². The van der Waals surface area contributed by atoms with Gasteiger partial charge in [-0.2, -0.15) is 0 Å². The Labute approximate surface area is 215 Å². The number of phenols is 2. The van der Waals surface area contributed by atoms with Gasteiger partial charge in [-0.15, -0.1) is 0 Å². The van der Waals surface area contributed by atoms with E-state index in [1.54, 1.807) is 38.1 Å². The van der Waals surface area contributed by atoms with Crippen molar-refractivity contribution >= 4 is 23.7 Å². The van der Waals surface area contributed by atoms with Gasteiger partial charge in [-0.05, 0) is 54.7 Å². The summed E-state index contributed by atoms with van der Waals surface area (Å²) in [6.45, 7) is 4.69. The molecule has 200 valence electrons. The van der Waals surface area contributed by atoms with E-state index in [0.29, 0.717) is 11.1 Å². The van der Waals surface area contributed by atoms with Gasteiger partial charge in [0.2, 0.25) is 17.7 Å². The first kappa shape index (κ1) is 29.1. The average Bonchev–Trinajstić information content (AvgIpc) is 2.84. The lowest BCUT2D eigenvalue weighted by molar-refractivity contribution is -0.142. The molecule has 0 heterocycles. The first-order chi connectivity index (χ1) is 17.4. The van der Waals surface area contributed by atoms with Crippen molar-refractivity contribution in [2.45, 2.75) is 57.8 Å². The molecule has 11 heteroatoms. The van der Waals surface area contributed by atoms with E-state index in [2.05, 4.69) is 16.0 Å². The number of amides is 3. The van der Waals surface area contributed by atoms with E-state index in [4.69, 9.17) is 10.8 Å². The third-order valence-corrected chi connectivity index (χ3v) is 5.71. The molecule has 0 bridgehead atoms. The Bertz CT molecular complexity index is 1090. The molecule has 37 heavy (non-hydrogen) atoms. The zero-order valence-corrected chi connectivity index (χ0v) is 21.0. The number of aliphatic carboxylic acids is 1. The van der Waals surface area contributed by atoms with Crippen LogP contribution in [-0.2, 0) is 32.0 Å². The van der Waals surface area contributed by atoms with Gasteiger partial charge in [0.05, 0.1) is 6.04 Å². The average molecular weight is 515 g/mol. The van der Waals surface area contributed by atoms with E-state index in [0.717, 1.165) is 0 Å². The minimum Gasteiger partial charge on any atom is -0.508 e. The number of nitrogens with one attached hydrogen (secondary N) is 3. The first-order valence-electron chi connectivity index (χ1n) is 11.8. The maximum atomic E-state index is 13.3. The minimum atomic E-state index is -1.22. The molecule has 11 nitrogen and oxygen atoms in total. The van der Waals surface area contributed by atoms with Crippen molar-refractivity contribution in [2.75, 3.05) is 0 Å². The second-order valence-corrected chi connectivity index (χ2v) is 9.21. The molecule has 3 amide bonds. The van der Waals surface area contributed by atoms with Crippen molar-refractivity contribution in [1.82, 2.24) is 16.0 Å². The SMILES string of the molecule is CC(NC(=O)C(NC(=O)C(Cc1ccc(O)cc1)NC(=O)C(N)Cc1ccc(O)cc1)C(C)C)C(=O)O. The summed E-state index contributed by atoms with van der Waals surface area (Å²) in [6.07, 6.45) is 0.200. The van der Waals surface area contributed by atoms with Crippen LogP contribution in [0.15, 0.2) is 48.5 Å². The van der Waals surface area contributed by atoms with Crippen LogP contribution in [-0.4, -0.2) is 63.2 Å². The molecule has 4 unspecified atom stereocenters. The number of benzene rings is 2. The van der Waals surface area contributed by atoms with Crippen LogP contribution in [0.2, 0.25) is 0 Å². The van der Waals surface area contributed by atoms with Gasteiger partial charge in [0.25, 0.3) is 0 Å². The van der Waals surface area contributed by atoms with Crippen LogP contribution in [0.5, 0.6) is 11.5 Å². The van der Waals surface area contributed by atoms with Gasteiger partial charge in [0.15, 0.2) is 0 Å². The first-order valence-corrected chi connectivity index (χ1v) is 11.8. The maximum absolute atomic E-state index is 13.3. The normalized spacial score (nSPS) is 14.2. The van der Waals surface area contributed by atoms with E-state index in [-0.39, 0.29) is 30.3 Å². The molecule has 0 saturated carbocycles. The second-order valence-electron chi connectivity index (χ2n) is 9.21. The predicted molar refractivity (Wildman–Crippen MR) is 136 cm³/mol. The highest BCUT2D eigenvalue weighted by Gasteiger charge is 2.31. The van der Waals surface area contributed by atoms with Crippen molar-refractivity contribution in [3.05, 3.63) is 59.7 Å². The zero-order valence-electron chi connectivity index (χ0n) is 21.0. The Morgan fingerprint density at radius 1 is 0.730 bits per heavy atom. The minimum absolute atomic E-state index is 0.0359. The molecular weight excluding hydrogens is 480 g/mol. The molecule has 0 aliphatic rings. The Morgan fingerprint density at radius 2 is 1.22 bits per heavy atom. The molecule has 0 spiro atoms. The fourth-order valence-corrected chi connectivity index (χ4v) is 3.49. The predicted octanol–water partition coefficient (Wildman–Crippen LogP) is 0.425. The molecule has 2 rings (SSSR count). The number of hydrogen-bond donors (Lipinski definition) is 7. The fraction of sp³-hybridized carbons (Fsp3) is 0.385. The summed E-state index contributed by atoms with van der Waals surface area (Å²) in [5.74, 6) is -3.42. The van der Waals surface area contributed by atoms with Crippen LogP contribution in [0.4, 0.5) is 0 Å². The summed E-state index contributed by atoms with van der Waals surface area (Å²) in [5, 5.41) is 35.7. The zero-order chi connectivity index (χ0) is 27.7. The number of carbonyl (C=O) groups is 4. The van der Waals surface area contributed by atoms with Crippen LogP contribution >= 0.6 is 0 Å². The van der Waals surface area contributed by atoms with Crippen LogP contribution in [0, 0.1) is 5.92 Å². The quantitative estimate of drug-likeness (QED) is 0.212. The third-order valence-electron chi connectivity index (χ3n) is 5.71. The Balaban J connectivity index is 2.19. The standard InChI is InChI=1S/C26H34N4O7/c1-14(2)22(25(35)28-15(3)26(36)37)30-24(34)21(13-17-6-10-19(32)11-7-17)29-23(33)20(27)12-16-4-8-18(31)9-5-16/h4-11,14-15,20-22,31-32H,12-13,27H2,1-3H3,(H,28,35)(H,29,33)(H,30,34)(H,36,37). The van der Waals surface area contributed by atoms with Crippen molar-refractivity contribution in [3.63, 3.8) is 0 Å². The van der Waals surface area contributed by atoms with Crippen molar-refractivity contribution in [2.24, 2.45) is 11.7 Å². The van der Waals surface area contributed by atoms with Gasteiger partial charge in [0.1, 0.15) is 29.6 Å². The lowest BCUT2D eigenvalue weighted by atomic mass is 10.00. The van der Waals surface area contributed by atoms with Gasteiger partial charge in [-0.1, -0.05) is 38.1 Å². The summed E-state index contributed by atoms with van der Waals surface area (Å²) in [5.41, 5.74) is 7.42. The largest absolute Gasteiger partial charge is 0.508 e. The van der Waals surface area contributed by atoms with Crippen molar-refractivity contribution in [3.8, 4) is 11.5 Å². The third kappa shape index (κ3) is 9.12. The monoisotopic (exact) mass is 514 g/mol. The molecule has 2 aromatic carbocycles. The van der Waals surface area contributed by atoms with Crippen LogP contribution in [0.3, 0.4) is 0 Å². The number of rotatable bonds is 12. The lowest BCUT2D eigenvalue weighted by Crippen LogP contribution is -2.58. The number of hydrogen-bond acceptors (Lipinski definition) is 7. The highest BCUT2D eigenvalue weighted by Crippen LogP contribution is 2.14. The van der Waals surface area contributed by atoms with Crippen molar-refractivity contribution < 1.29 is 34.5 Å². The Morgan fingerprint density at radius 3 is 1.68 bits per heavy atom. The molecule has 8 N–H and O–H groups in total. The topological polar surface area (TPSA) is 191 Å². The summed E-state index contributed by atoms with van der Waals surface area (Å²) in [7, 11) is 0. The van der Waals surface area contributed by atoms with Gasteiger partial charge in [-0.25, -0.2) is 0 Å². The number of aromatic hydroxyl groups is 2. The lowest BCUT2D eigenvalue weighted by Gasteiger charge is -2.26. The number of carboxylic acids is 1. The molecule has 0 fully saturated rings. The molecule has 0 aliphatic carbocycles. The molecular formula is C26H34N4O7. The number of phenolic OH excluding ortho intramolecular Hbond substituents is 2. The highest BCUT2D eigenvalue weighted by atomic mass is 16.4. The van der Waals surface area contributed by atoms with Gasteiger partial charge in [-0.3, -0.25) is 19.2 Å². The van der Waals surface area contributed by atoms with Crippen LogP contribution in [0.1, 0.15) is 31.9 Å². The molecule has 0 saturated heterocycles. The second kappa shape index (κ2) is 13.3. The summed E-state index contributed by atoms with van der Waals surface area (Å²) in [6, 6.07) is 7.97. The molecule has 0 aromatic heterocycles. The van der Waals surface area contributed by atoms with E-state index in [1.165, 1.54) is 31.2 Å². The van der Waals surface area contributed by atoms with Crippen LogP contribution in [0.25, 0.3) is 0 Å². The number of nitrogens with two attached hydrogens (primary N) is 1. The Hall–Kier alpha value is -4.12. The number of carboxylic acid groups (broad SMARTS) is 1. The molecule has 2 aromatic rings. The van der Waals surface area contributed by atoms with E-state index < -0.39 is 47.9 Å². The number of carbonyl (C=O) groups excluding carboxylic acids is 3. The fourth-order valence-electron chi connectivity index (χ4n) is 3.49. The van der Waals surface area contributed by atoms with E-state index in [9.17, 15) is 29.4 Å². The molecule has 0 aliphatic heterocycles. The van der Waals surface area contributed by atoms with Gasteiger partial charge < -0.3 is 37.0 Å². The molecule has 4 atom stereocenters. The summed E-state index contributed by atoms with van der Waals surface area (Å²) in [4.78, 5) is 50.0. The van der Waals surface area contributed by atoms with Gasteiger partial charge >= 0.3 is 5.97 Å². The van der Waals surface area contributed by atoms with Gasteiger partial charge in [0, 0.05) is 6.42 Å². The van der Waals surface area contributed by atoms with E-state index >= 15 is 0 Å². The van der Waals surface area contributed by atoms with Crippen molar-refractivity contribution in [1.29, 1.82) is 0 Å². The Kier molecular flexibility index (Phi) is 10.4. The highest BCUT2D eigenvalue weighted by molar-refractivity contribution is 5.94. The smallest absolute Gasteiger partial charge is 0.325 e. The van der Waals surface area contributed by atoms with E-state index in [1.807, 2.05) is 0 Å². The summed E-state index contributed by atoms with van der Waals surface area (Å²) < 4.78 is 0. The maximum Gasteiger partial charge on any atom is 0.325 e.